The van der Waals surface area contributed by atoms with Crippen LogP contribution in [0.2, 0.25) is 3.63 Å². The summed E-state index contributed by atoms with van der Waals surface area (Å²) < 4.78 is 2.83. The van der Waals surface area contributed by atoms with E-state index in [2.05, 4.69) is 36.5 Å². The zero-order valence-corrected chi connectivity index (χ0v) is 12.2. The summed E-state index contributed by atoms with van der Waals surface area (Å²) in [7, 11) is 0. The second kappa shape index (κ2) is 6.59. The van der Waals surface area contributed by atoms with Gasteiger partial charge >= 0.3 is 104 Å². The first-order valence-corrected chi connectivity index (χ1v) is 8.57. The Morgan fingerprint density at radius 1 is 1.00 bits per heavy atom. The summed E-state index contributed by atoms with van der Waals surface area (Å²) in [6.45, 7) is 0. The van der Waals surface area contributed by atoms with Crippen molar-refractivity contribution in [3.8, 4) is 0 Å². The van der Waals surface area contributed by atoms with Gasteiger partial charge in [0.15, 0.2) is 0 Å². The van der Waals surface area contributed by atoms with Gasteiger partial charge in [0.2, 0.25) is 0 Å². The Bertz CT molecular complexity index is 380. The van der Waals surface area contributed by atoms with Crippen LogP contribution in [0.4, 0.5) is 0 Å². The Kier molecular flexibility index (Phi) is 5.72. The standard InChI is InChI=1S/C9H11.C5H5.2FH.Zr/c1-2-5-9-7-3-6-8(9)4-1;1-2-4-5-3-1;;;/h1-2,4,6,9H,3,5,7H2;1-3H,4H2;2*1H;/q;;;;+2/p-2. The molecule has 0 nitrogen and oxygen atoms in total. The van der Waals surface area contributed by atoms with Crippen LogP contribution >= 0.6 is 0 Å². The molecule has 0 aromatic carbocycles. The maximum Gasteiger partial charge on any atom is -1.00 e. The minimum atomic E-state index is -0.299. The fraction of sp³-hybridized carbons (Fsp3) is 0.429. The molecule has 0 amide bonds. The average Bonchev–Trinajstić information content (AvgIpc) is 2.89. The van der Waals surface area contributed by atoms with E-state index in [-0.39, 0.29) is 32.6 Å². The quantitative estimate of drug-likeness (QED) is 0.554. The average molecular weight is 314 g/mol. The molecule has 0 spiro atoms. The molecule has 17 heavy (non-hydrogen) atoms. The molecule has 0 radical (unpaired) electrons. The molecule has 0 heterocycles. The topological polar surface area (TPSA) is 0 Å². The Morgan fingerprint density at radius 3 is 2.59 bits per heavy atom. The van der Waals surface area contributed by atoms with Crippen molar-refractivity contribution in [1.82, 2.24) is 0 Å². The molecule has 90 valence electrons. The molecule has 0 bridgehead atoms. The third kappa shape index (κ3) is 3.13. The predicted octanol–water partition coefficient (Wildman–Crippen LogP) is -1.99. The van der Waals surface area contributed by atoms with E-state index in [1.54, 1.807) is 3.28 Å². The van der Waals surface area contributed by atoms with E-state index >= 15 is 0 Å². The molecule has 2 atom stereocenters. The summed E-state index contributed by atoms with van der Waals surface area (Å²) >= 11 is -0.299. The number of rotatable bonds is 2. The Hall–Kier alpha value is -0.297. The minimum Gasteiger partial charge on any atom is -1.00 e. The van der Waals surface area contributed by atoms with Crippen LogP contribution in [-0.2, 0) is 23.2 Å². The zero-order chi connectivity index (χ0) is 10.1. The van der Waals surface area contributed by atoms with E-state index in [9.17, 15) is 0 Å². The van der Waals surface area contributed by atoms with Crippen molar-refractivity contribution in [2.45, 2.75) is 29.3 Å². The van der Waals surface area contributed by atoms with Crippen molar-refractivity contribution in [2.24, 2.45) is 5.92 Å². The van der Waals surface area contributed by atoms with Gasteiger partial charge in [0.1, 0.15) is 0 Å². The van der Waals surface area contributed by atoms with Crippen molar-refractivity contribution < 1.29 is 32.6 Å². The Morgan fingerprint density at radius 2 is 1.82 bits per heavy atom. The van der Waals surface area contributed by atoms with Crippen LogP contribution in [0.15, 0.2) is 45.3 Å². The van der Waals surface area contributed by atoms with Crippen LogP contribution in [0.3, 0.4) is 0 Å². The largest absolute Gasteiger partial charge is 1.00 e. The van der Waals surface area contributed by atoms with Gasteiger partial charge in [-0.15, -0.1) is 0 Å². The number of hydrogen-bond donors (Lipinski definition) is 0. The van der Waals surface area contributed by atoms with E-state index in [4.69, 9.17) is 0 Å². The van der Waals surface area contributed by atoms with Crippen LogP contribution in [0.5, 0.6) is 0 Å². The second-order valence-corrected chi connectivity index (χ2v) is 8.63. The van der Waals surface area contributed by atoms with Gasteiger partial charge in [0, 0.05) is 0 Å². The molecule has 3 rings (SSSR count). The van der Waals surface area contributed by atoms with Crippen molar-refractivity contribution in [3.05, 3.63) is 45.3 Å². The molecular formula is C14H16F2Zr. The van der Waals surface area contributed by atoms with E-state index < -0.39 is 0 Å². The summed E-state index contributed by atoms with van der Waals surface area (Å²) in [4.78, 5) is 0. The van der Waals surface area contributed by atoms with Gasteiger partial charge in [-0.25, -0.2) is 0 Å². The Labute approximate surface area is 113 Å². The molecule has 0 aromatic rings. The molecule has 1 fully saturated rings. The molecule has 3 aliphatic rings. The van der Waals surface area contributed by atoms with Gasteiger partial charge in [-0.1, -0.05) is 0 Å². The van der Waals surface area contributed by atoms with Gasteiger partial charge in [-0.3, -0.25) is 0 Å². The van der Waals surface area contributed by atoms with Crippen molar-refractivity contribution in [2.75, 3.05) is 0 Å². The first-order chi connectivity index (χ1) is 7.43. The van der Waals surface area contributed by atoms with Gasteiger partial charge in [-0.2, -0.15) is 0 Å². The normalized spacial score (nSPS) is 28.5. The third-order valence-corrected chi connectivity index (χ3v) is 7.86. The SMILES string of the molecule is C1=CC[C]([Zr+2][CH]2CCC3CC=CC=C32)=C1.[F-].[F-]. The van der Waals surface area contributed by atoms with Crippen LogP contribution in [0, 0.1) is 5.92 Å². The fourth-order valence-electron chi connectivity index (χ4n) is 2.85. The van der Waals surface area contributed by atoms with Crippen LogP contribution < -0.4 is 9.41 Å². The fourth-order valence-corrected chi connectivity index (χ4v) is 6.99. The molecule has 3 aliphatic carbocycles. The molecular weight excluding hydrogens is 297 g/mol. The van der Waals surface area contributed by atoms with Crippen LogP contribution in [0.1, 0.15) is 25.7 Å². The summed E-state index contributed by atoms with van der Waals surface area (Å²) in [5.74, 6) is 0.927. The van der Waals surface area contributed by atoms with Gasteiger partial charge in [-0.05, 0) is 0 Å². The van der Waals surface area contributed by atoms with Crippen molar-refractivity contribution in [1.29, 1.82) is 0 Å². The smallest absolute Gasteiger partial charge is 1.00 e. The number of hydrogen-bond acceptors (Lipinski definition) is 0. The van der Waals surface area contributed by atoms with E-state index in [0.717, 1.165) is 9.54 Å². The third-order valence-electron chi connectivity index (χ3n) is 3.65. The Balaban J connectivity index is 0.000000722. The zero-order valence-electron chi connectivity index (χ0n) is 9.70. The van der Waals surface area contributed by atoms with Crippen molar-refractivity contribution in [3.63, 3.8) is 0 Å². The molecule has 2 unspecified atom stereocenters. The molecule has 3 heteroatoms. The van der Waals surface area contributed by atoms with Gasteiger partial charge in [0.25, 0.3) is 0 Å². The summed E-state index contributed by atoms with van der Waals surface area (Å²) in [5, 5.41) is 0. The first kappa shape index (κ1) is 14.8. The van der Waals surface area contributed by atoms with E-state index in [0.29, 0.717) is 0 Å². The van der Waals surface area contributed by atoms with Crippen LogP contribution in [-0.4, -0.2) is 0 Å². The maximum absolute atomic E-state index is 2.43. The van der Waals surface area contributed by atoms with Gasteiger partial charge < -0.3 is 9.41 Å². The summed E-state index contributed by atoms with van der Waals surface area (Å²) in [6.07, 6.45) is 19.5. The maximum atomic E-state index is 2.43. The van der Waals surface area contributed by atoms with Gasteiger partial charge in [0.05, 0.1) is 0 Å². The molecule has 0 aromatic heterocycles. The first-order valence-electron chi connectivity index (χ1n) is 5.92. The number of allylic oxidation sites excluding steroid dienone is 8. The molecule has 0 saturated heterocycles. The van der Waals surface area contributed by atoms with E-state index in [1.165, 1.54) is 25.7 Å². The van der Waals surface area contributed by atoms with Crippen LogP contribution in [0.25, 0.3) is 0 Å². The van der Waals surface area contributed by atoms with Crippen molar-refractivity contribution >= 4 is 0 Å². The molecule has 1 saturated carbocycles. The molecule has 0 N–H and O–H groups in total. The summed E-state index contributed by atoms with van der Waals surface area (Å²) in [5.41, 5.74) is 1.82. The second-order valence-electron chi connectivity index (χ2n) is 4.63. The monoisotopic (exact) mass is 312 g/mol. The predicted molar refractivity (Wildman–Crippen MR) is 60.2 cm³/mol. The number of fused-ring (bicyclic) bond motifs is 1. The minimum absolute atomic E-state index is 0. The molecule has 0 aliphatic heterocycles. The number of halogens is 2. The summed E-state index contributed by atoms with van der Waals surface area (Å²) in [6, 6.07) is 0. The van der Waals surface area contributed by atoms with E-state index in [1.807, 2.05) is 5.57 Å².